The minimum atomic E-state index is -1.13. The lowest BCUT2D eigenvalue weighted by Crippen LogP contribution is -2.54. The van der Waals surface area contributed by atoms with Gasteiger partial charge in [0.05, 0.1) is 23.9 Å². The van der Waals surface area contributed by atoms with Gasteiger partial charge in [-0.15, -0.1) is 0 Å². The molecule has 5 saturated carbocycles. The number of esters is 1. The zero-order chi connectivity index (χ0) is 26.8. The van der Waals surface area contributed by atoms with E-state index in [1.807, 2.05) is 0 Å². The summed E-state index contributed by atoms with van der Waals surface area (Å²) in [5.74, 6) is 3.15. The molecule has 6 fully saturated rings. The first kappa shape index (κ1) is 26.6. The van der Waals surface area contributed by atoms with E-state index in [-0.39, 0.29) is 29.7 Å². The third kappa shape index (κ3) is 3.29. The Morgan fingerprint density at radius 1 is 1.00 bits per heavy atom. The van der Waals surface area contributed by atoms with Gasteiger partial charge in [-0.1, -0.05) is 34.6 Å². The van der Waals surface area contributed by atoms with Crippen LogP contribution >= 0.6 is 0 Å². The van der Waals surface area contributed by atoms with E-state index in [0.29, 0.717) is 40.4 Å². The van der Waals surface area contributed by atoms with Crippen LogP contribution in [0.4, 0.5) is 0 Å². The number of hydrogen-bond acceptors (Lipinski definition) is 5. The SMILES string of the molecule is CCC(=O)OC(C1CCC2C(CC3C4CCC5C(C)(C)C(O)CCC56C(C)C46CCC23C)O1)C(C)(C)O. The summed E-state index contributed by atoms with van der Waals surface area (Å²) in [4.78, 5) is 12.2. The van der Waals surface area contributed by atoms with Gasteiger partial charge < -0.3 is 19.7 Å². The van der Waals surface area contributed by atoms with Crippen LogP contribution < -0.4 is 0 Å². The molecule has 0 aromatic rings. The Hall–Kier alpha value is -0.650. The molecule has 2 spiro atoms. The van der Waals surface area contributed by atoms with Gasteiger partial charge in [-0.3, -0.25) is 4.79 Å². The molecule has 1 heterocycles. The van der Waals surface area contributed by atoms with Crippen LogP contribution in [-0.2, 0) is 14.3 Å². The molecule has 2 N–H and O–H groups in total. The molecule has 5 nitrogen and oxygen atoms in total. The molecule has 0 bridgehead atoms. The van der Waals surface area contributed by atoms with Gasteiger partial charge in [0, 0.05) is 6.42 Å². The van der Waals surface area contributed by atoms with Crippen LogP contribution in [0.25, 0.3) is 0 Å². The molecule has 37 heavy (non-hydrogen) atoms. The lowest BCUT2D eigenvalue weighted by Gasteiger charge is -2.59. The summed E-state index contributed by atoms with van der Waals surface area (Å²) in [7, 11) is 0. The predicted octanol–water partition coefficient (Wildman–Crippen LogP) is 5.89. The first-order valence-electron chi connectivity index (χ1n) is 15.5. The summed E-state index contributed by atoms with van der Waals surface area (Å²) in [6.45, 7) is 15.1. The van der Waals surface area contributed by atoms with Crippen molar-refractivity contribution < 1.29 is 24.5 Å². The standard InChI is InChI=1S/C32H52O5/c1-8-26(34)37-27(29(5,6)35)22-11-9-20-23(36-22)17-21-19-10-12-24-28(3,4)25(33)13-14-32(24)18(2)31(19,32)16-15-30(20,21)7/h18-25,27,33,35H,8-17H2,1-7H3. The van der Waals surface area contributed by atoms with Crippen molar-refractivity contribution in [3.8, 4) is 0 Å². The van der Waals surface area contributed by atoms with Gasteiger partial charge in [0.1, 0.15) is 0 Å². The third-order valence-corrected chi connectivity index (χ3v) is 13.9. The molecule has 6 rings (SSSR count). The highest BCUT2D eigenvalue weighted by atomic mass is 16.6. The molecular weight excluding hydrogens is 464 g/mol. The Bertz CT molecular complexity index is 938. The summed E-state index contributed by atoms with van der Waals surface area (Å²) in [5.41, 5.74) is 0.0854. The Morgan fingerprint density at radius 2 is 1.70 bits per heavy atom. The van der Waals surface area contributed by atoms with Crippen molar-refractivity contribution in [3.63, 3.8) is 0 Å². The fourth-order valence-corrected chi connectivity index (χ4v) is 12.1. The summed E-state index contributed by atoms with van der Waals surface area (Å²) in [6.07, 6.45) is 9.93. The first-order valence-corrected chi connectivity index (χ1v) is 15.5. The van der Waals surface area contributed by atoms with Crippen molar-refractivity contribution in [1.29, 1.82) is 0 Å². The summed E-state index contributed by atoms with van der Waals surface area (Å²) < 4.78 is 12.6. The molecule has 5 heteroatoms. The van der Waals surface area contributed by atoms with E-state index in [1.165, 1.54) is 32.1 Å². The molecule has 12 atom stereocenters. The molecule has 6 aliphatic rings. The second kappa shape index (κ2) is 8.19. The number of fused-ring (bicyclic) bond motifs is 4. The van der Waals surface area contributed by atoms with Crippen LogP contribution in [0.2, 0.25) is 0 Å². The highest BCUT2D eigenvalue weighted by molar-refractivity contribution is 5.69. The third-order valence-electron chi connectivity index (χ3n) is 13.9. The molecule has 0 aromatic carbocycles. The molecular formula is C32H52O5. The Labute approximate surface area is 224 Å². The van der Waals surface area contributed by atoms with Gasteiger partial charge in [-0.05, 0) is 123 Å². The molecule has 1 aliphatic heterocycles. The van der Waals surface area contributed by atoms with Crippen LogP contribution in [0.3, 0.4) is 0 Å². The molecule has 0 amide bonds. The minimum absolute atomic E-state index is 0.0176. The zero-order valence-corrected chi connectivity index (χ0v) is 24.4. The molecule has 210 valence electrons. The minimum Gasteiger partial charge on any atom is -0.457 e. The summed E-state index contributed by atoms with van der Waals surface area (Å²) >= 11 is 0. The van der Waals surface area contributed by atoms with Gasteiger partial charge in [0.15, 0.2) is 6.10 Å². The Balaban J connectivity index is 1.26. The van der Waals surface area contributed by atoms with E-state index < -0.39 is 11.7 Å². The Morgan fingerprint density at radius 3 is 2.38 bits per heavy atom. The van der Waals surface area contributed by atoms with Crippen molar-refractivity contribution in [2.24, 2.45) is 51.2 Å². The zero-order valence-electron chi connectivity index (χ0n) is 24.4. The second-order valence-electron chi connectivity index (χ2n) is 15.6. The highest BCUT2D eigenvalue weighted by Gasteiger charge is 2.84. The van der Waals surface area contributed by atoms with E-state index in [1.54, 1.807) is 20.8 Å². The van der Waals surface area contributed by atoms with Crippen molar-refractivity contribution in [3.05, 3.63) is 0 Å². The second-order valence-corrected chi connectivity index (χ2v) is 15.6. The van der Waals surface area contributed by atoms with Crippen LogP contribution in [-0.4, -0.2) is 46.2 Å². The number of aliphatic hydroxyl groups excluding tert-OH is 1. The van der Waals surface area contributed by atoms with E-state index in [4.69, 9.17) is 9.47 Å². The highest BCUT2D eigenvalue weighted by Crippen LogP contribution is 2.89. The van der Waals surface area contributed by atoms with E-state index in [9.17, 15) is 15.0 Å². The maximum atomic E-state index is 12.2. The molecule has 1 saturated heterocycles. The lowest BCUT2D eigenvalue weighted by molar-refractivity contribution is -0.201. The first-order chi connectivity index (χ1) is 17.2. The lowest BCUT2D eigenvalue weighted by atomic mass is 9.46. The number of aliphatic hydroxyl groups is 2. The maximum absolute atomic E-state index is 12.2. The number of carbonyl (C=O) groups is 1. The maximum Gasteiger partial charge on any atom is 0.305 e. The fraction of sp³-hybridized carbons (Fsp3) is 0.969. The van der Waals surface area contributed by atoms with Crippen LogP contribution in [0.1, 0.15) is 113 Å². The molecule has 5 aliphatic carbocycles. The molecule has 0 radical (unpaired) electrons. The average Bonchev–Trinajstić information content (AvgIpc) is 3.21. The fourth-order valence-electron chi connectivity index (χ4n) is 12.1. The smallest absolute Gasteiger partial charge is 0.305 e. The van der Waals surface area contributed by atoms with Crippen molar-refractivity contribution in [1.82, 2.24) is 0 Å². The van der Waals surface area contributed by atoms with E-state index >= 15 is 0 Å². The number of ether oxygens (including phenoxy) is 2. The number of rotatable bonds is 4. The quantitative estimate of drug-likeness (QED) is 0.456. The average molecular weight is 517 g/mol. The van der Waals surface area contributed by atoms with Crippen molar-refractivity contribution in [2.45, 2.75) is 143 Å². The molecule has 12 unspecified atom stereocenters. The van der Waals surface area contributed by atoms with Crippen LogP contribution in [0, 0.1) is 51.2 Å². The Kier molecular flexibility index (Phi) is 5.88. The van der Waals surface area contributed by atoms with Gasteiger partial charge in [-0.2, -0.15) is 0 Å². The number of hydrogen-bond donors (Lipinski definition) is 2. The van der Waals surface area contributed by atoms with Gasteiger partial charge >= 0.3 is 5.97 Å². The van der Waals surface area contributed by atoms with Gasteiger partial charge in [-0.25, -0.2) is 0 Å². The summed E-state index contributed by atoms with van der Waals surface area (Å²) in [5, 5.41) is 21.8. The summed E-state index contributed by atoms with van der Waals surface area (Å²) in [6, 6.07) is 0. The number of carbonyl (C=O) groups excluding carboxylic acids is 1. The largest absolute Gasteiger partial charge is 0.457 e. The molecule has 0 aromatic heterocycles. The van der Waals surface area contributed by atoms with Gasteiger partial charge in [0.25, 0.3) is 0 Å². The van der Waals surface area contributed by atoms with Crippen molar-refractivity contribution >= 4 is 5.97 Å². The normalized spacial score (nSPS) is 52.6. The van der Waals surface area contributed by atoms with Crippen LogP contribution in [0.15, 0.2) is 0 Å². The van der Waals surface area contributed by atoms with Crippen LogP contribution in [0.5, 0.6) is 0 Å². The van der Waals surface area contributed by atoms with Crippen molar-refractivity contribution in [2.75, 3.05) is 0 Å². The van der Waals surface area contributed by atoms with Gasteiger partial charge in [0.2, 0.25) is 0 Å². The predicted molar refractivity (Wildman–Crippen MR) is 143 cm³/mol. The van der Waals surface area contributed by atoms with E-state index in [0.717, 1.165) is 37.5 Å². The topological polar surface area (TPSA) is 76.0 Å². The van der Waals surface area contributed by atoms with E-state index in [2.05, 4.69) is 27.7 Å². The monoisotopic (exact) mass is 516 g/mol.